The molecule has 5 rings (SSSR count). The van der Waals surface area contributed by atoms with Gasteiger partial charge in [0.2, 0.25) is 5.95 Å². The van der Waals surface area contributed by atoms with E-state index in [0.717, 1.165) is 34.7 Å². The third kappa shape index (κ3) is 4.92. The Balaban J connectivity index is 1.31. The summed E-state index contributed by atoms with van der Waals surface area (Å²) in [6, 6.07) is 13.5. The van der Waals surface area contributed by atoms with Crippen LogP contribution in [0.25, 0.3) is 5.52 Å². The maximum absolute atomic E-state index is 13.4. The number of hydrogen-bond donors (Lipinski definition) is 1. The predicted octanol–water partition coefficient (Wildman–Crippen LogP) is 3.82. The summed E-state index contributed by atoms with van der Waals surface area (Å²) >= 11 is 0. The zero-order valence-electron chi connectivity index (χ0n) is 19.4. The average Bonchev–Trinajstić information content (AvgIpc) is 3.18. The molecule has 1 atom stereocenters. The molecule has 3 aromatic heterocycles. The normalized spacial score (nSPS) is 16.4. The van der Waals surface area contributed by atoms with Crippen LogP contribution in [0.2, 0.25) is 0 Å². The van der Waals surface area contributed by atoms with E-state index < -0.39 is 0 Å². The van der Waals surface area contributed by atoms with E-state index in [0.29, 0.717) is 37.8 Å². The van der Waals surface area contributed by atoms with Gasteiger partial charge in [-0.2, -0.15) is 0 Å². The Morgan fingerprint density at radius 2 is 1.97 bits per heavy atom. The molecule has 34 heavy (non-hydrogen) atoms. The van der Waals surface area contributed by atoms with Gasteiger partial charge in [0.25, 0.3) is 5.91 Å². The molecule has 1 amide bonds. The molecule has 4 aromatic rings. The summed E-state index contributed by atoms with van der Waals surface area (Å²) in [5.41, 5.74) is 5.31. The fraction of sp³-hybridized carbons (Fsp3) is 0.308. The standard InChI is InChI=1S/C26H28N6O2/c1-18-13-19(2)29-26(28-18)30-22-6-3-5-21(15-22)25(33)32-11-12-34-17-20(16-32)14-23-24-7-4-9-31(24)10-8-27-23/h3-10,13,15,20H,11-12,14,16-17H2,1-2H3,(H,28,29,30)/t20-/m0/s1. The van der Waals surface area contributed by atoms with E-state index in [1.165, 1.54) is 0 Å². The van der Waals surface area contributed by atoms with Crippen molar-refractivity contribution in [3.05, 3.63) is 83.7 Å². The molecule has 0 radical (unpaired) electrons. The molecule has 0 aliphatic carbocycles. The van der Waals surface area contributed by atoms with Crippen LogP contribution in [-0.2, 0) is 11.2 Å². The molecule has 1 fully saturated rings. The molecule has 1 saturated heterocycles. The van der Waals surface area contributed by atoms with Crippen LogP contribution in [0.5, 0.6) is 0 Å². The summed E-state index contributed by atoms with van der Waals surface area (Å²) in [6.45, 7) is 6.20. The Morgan fingerprint density at radius 3 is 2.82 bits per heavy atom. The van der Waals surface area contributed by atoms with Crippen LogP contribution >= 0.6 is 0 Å². The fourth-order valence-corrected chi connectivity index (χ4v) is 4.47. The summed E-state index contributed by atoms with van der Waals surface area (Å²) in [4.78, 5) is 28.8. The number of rotatable bonds is 5. The van der Waals surface area contributed by atoms with Gasteiger partial charge >= 0.3 is 0 Å². The summed E-state index contributed by atoms with van der Waals surface area (Å²) in [6.07, 6.45) is 6.54. The second kappa shape index (κ2) is 9.61. The van der Waals surface area contributed by atoms with Gasteiger partial charge in [0.05, 0.1) is 24.4 Å². The van der Waals surface area contributed by atoms with Gasteiger partial charge in [-0.05, 0) is 56.7 Å². The number of ether oxygens (including phenoxy) is 1. The Bertz CT molecular complexity index is 1300. The van der Waals surface area contributed by atoms with Gasteiger partial charge in [-0.15, -0.1) is 0 Å². The van der Waals surface area contributed by atoms with E-state index in [1.54, 1.807) is 0 Å². The predicted molar refractivity (Wildman–Crippen MR) is 130 cm³/mol. The van der Waals surface area contributed by atoms with Crippen molar-refractivity contribution in [1.29, 1.82) is 0 Å². The molecule has 8 heteroatoms. The largest absolute Gasteiger partial charge is 0.379 e. The average molecular weight is 457 g/mol. The highest BCUT2D eigenvalue weighted by Gasteiger charge is 2.25. The van der Waals surface area contributed by atoms with Crippen molar-refractivity contribution in [2.75, 3.05) is 31.6 Å². The zero-order chi connectivity index (χ0) is 23.5. The molecular formula is C26H28N6O2. The molecule has 174 valence electrons. The van der Waals surface area contributed by atoms with E-state index in [-0.39, 0.29) is 11.8 Å². The maximum Gasteiger partial charge on any atom is 0.254 e. The number of benzene rings is 1. The molecule has 4 heterocycles. The molecule has 0 spiro atoms. The Hall–Kier alpha value is -3.78. The van der Waals surface area contributed by atoms with Crippen molar-refractivity contribution >= 4 is 23.1 Å². The van der Waals surface area contributed by atoms with Gasteiger partial charge in [-0.3, -0.25) is 9.78 Å². The fourth-order valence-electron chi connectivity index (χ4n) is 4.47. The van der Waals surface area contributed by atoms with Gasteiger partial charge in [0.1, 0.15) is 0 Å². The van der Waals surface area contributed by atoms with E-state index in [9.17, 15) is 4.79 Å². The van der Waals surface area contributed by atoms with Crippen LogP contribution in [0.3, 0.4) is 0 Å². The number of nitrogens with zero attached hydrogens (tertiary/aromatic N) is 5. The van der Waals surface area contributed by atoms with Gasteiger partial charge < -0.3 is 19.4 Å². The first-order valence-electron chi connectivity index (χ1n) is 11.5. The second-order valence-corrected chi connectivity index (χ2v) is 8.75. The lowest BCUT2D eigenvalue weighted by atomic mass is 10.0. The van der Waals surface area contributed by atoms with Gasteiger partial charge in [-0.25, -0.2) is 9.97 Å². The third-order valence-corrected chi connectivity index (χ3v) is 5.99. The highest BCUT2D eigenvalue weighted by Crippen LogP contribution is 2.20. The summed E-state index contributed by atoms with van der Waals surface area (Å²) in [5, 5.41) is 3.22. The summed E-state index contributed by atoms with van der Waals surface area (Å²) in [5.74, 6) is 0.691. The summed E-state index contributed by atoms with van der Waals surface area (Å²) in [7, 11) is 0. The Kier molecular flexibility index (Phi) is 6.22. The number of hydrogen-bond acceptors (Lipinski definition) is 6. The first-order chi connectivity index (χ1) is 16.5. The summed E-state index contributed by atoms with van der Waals surface area (Å²) < 4.78 is 7.93. The van der Waals surface area contributed by atoms with E-state index in [4.69, 9.17) is 4.74 Å². The molecule has 0 bridgehead atoms. The molecule has 1 aliphatic rings. The van der Waals surface area contributed by atoms with Crippen molar-refractivity contribution < 1.29 is 9.53 Å². The number of fused-ring (bicyclic) bond motifs is 1. The monoisotopic (exact) mass is 456 g/mol. The first-order valence-corrected chi connectivity index (χ1v) is 11.5. The SMILES string of the molecule is Cc1cc(C)nc(Nc2cccc(C(=O)N3CCOC[C@@H](Cc4nccn5cccc45)C3)c2)n1. The lowest BCUT2D eigenvalue weighted by Gasteiger charge is -2.24. The minimum absolute atomic E-state index is 0.00524. The lowest BCUT2D eigenvalue weighted by molar-refractivity contribution is 0.0737. The van der Waals surface area contributed by atoms with Gasteiger partial charge in [-0.1, -0.05) is 6.07 Å². The van der Waals surface area contributed by atoms with Gasteiger partial charge in [0.15, 0.2) is 0 Å². The van der Waals surface area contributed by atoms with Crippen LogP contribution in [0.1, 0.15) is 27.4 Å². The van der Waals surface area contributed by atoms with Crippen LogP contribution < -0.4 is 5.32 Å². The van der Waals surface area contributed by atoms with E-state index in [2.05, 4.69) is 30.7 Å². The maximum atomic E-state index is 13.4. The highest BCUT2D eigenvalue weighted by atomic mass is 16.5. The Morgan fingerprint density at radius 1 is 1.12 bits per heavy atom. The van der Waals surface area contributed by atoms with Crippen molar-refractivity contribution in [1.82, 2.24) is 24.3 Å². The molecular weight excluding hydrogens is 428 g/mol. The van der Waals surface area contributed by atoms with Crippen molar-refractivity contribution in [2.24, 2.45) is 5.92 Å². The lowest BCUT2D eigenvalue weighted by Crippen LogP contribution is -2.36. The van der Waals surface area contributed by atoms with Crippen molar-refractivity contribution in [3.63, 3.8) is 0 Å². The minimum atomic E-state index is -0.00524. The van der Waals surface area contributed by atoms with E-state index >= 15 is 0 Å². The zero-order valence-corrected chi connectivity index (χ0v) is 19.4. The minimum Gasteiger partial charge on any atom is -0.379 e. The quantitative estimate of drug-likeness (QED) is 0.492. The topological polar surface area (TPSA) is 84.7 Å². The number of aromatic nitrogens is 4. The van der Waals surface area contributed by atoms with Crippen molar-refractivity contribution in [3.8, 4) is 0 Å². The molecule has 0 unspecified atom stereocenters. The van der Waals surface area contributed by atoms with Crippen LogP contribution in [0.4, 0.5) is 11.6 Å². The first kappa shape index (κ1) is 22.0. The molecule has 1 aliphatic heterocycles. The third-order valence-electron chi connectivity index (χ3n) is 5.99. The molecule has 1 N–H and O–H groups in total. The van der Waals surface area contributed by atoms with Crippen LogP contribution in [0, 0.1) is 19.8 Å². The number of nitrogens with one attached hydrogen (secondary N) is 1. The Labute approximate surface area is 198 Å². The molecule has 8 nitrogen and oxygen atoms in total. The number of anilines is 2. The number of carbonyl (C=O) groups is 1. The van der Waals surface area contributed by atoms with Crippen LogP contribution in [-0.4, -0.2) is 56.5 Å². The van der Waals surface area contributed by atoms with Crippen molar-refractivity contribution in [2.45, 2.75) is 20.3 Å². The molecule has 1 aromatic carbocycles. The highest BCUT2D eigenvalue weighted by molar-refractivity contribution is 5.95. The van der Waals surface area contributed by atoms with E-state index in [1.807, 2.05) is 73.7 Å². The molecule has 0 saturated carbocycles. The smallest absolute Gasteiger partial charge is 0.254 e. The number of amides is 1. The number of aryl methyl sites for hydroxylation is 2. The van der Waals surface area contributed by atoms with Crippen LogP contribution in [0.15, 0.2) is 61.1 Å². The number of carbonyl (C=O) groups excluding carboxylic acids is 1. The van der Waals surface area contributed by atoms with Gasteiger partial charge in [0, 0.05) is 60.2 Å². The second-order valence-electron chi connectivity index (χ2n) is 8.75.